The van der Waals surface area contributed by atoms with Gasteiger partial charge in [0.15, 0.2) is 0 Å². The van der Waals surface area contributed by atoms with Gasteiger partial charge in [0.25, 0.3) is 0 Å². The molecule has 1 aliphatic rings. The van der Waals surface area contributed by atoms with E-state index in [9.17, 15) is 0 Å². The fraction of sp³-hybridized carbons (Fsp3) is 0.231. The lowest BCUT2D eigenvalue weighted by molar-refractivity contribution is 0.565. The molecule has 18 heavy (non-hydrogen) atoms. The fourth-order valence-electron chi connectivity index (χ4n) is 1.33. The second-order valence-electron chi connectivity index (χ2n) is 3.19. The molecule has 0 atom stereocenters. The molecule has 0 amide bonds. The van der Waals surface area contributed by atoms with E-state index in [2.05, 4.69) is 22.8 Å². The van der Waals surface area contributed by atoms with Crippen LogP contribution in [0.4, 0.5) is 0 Å². The molecule has 0 radical (unpaired) electrons. The molecular weight excluding hydrogens is 268 g/mol. The molecule has 2 rings (SSSR count). The lowest BCUT2D eigenvalue weighted by Gasteiger charge is -1.97. The number of hydrogen-bond acceptors (Lipinski definition) is 4. The Morgan fingerprint density at radius 1 is 1.50 bits per heavy atom. The predicted molar refractivity (Wildman–Crippen MR) is 78.5 cm³/mol. The van der Waals surface area contributed by atoms with Crippen LogP contribution in [0.5, 0.6) is 0 Å². The number of rotatable bonds is 2. The Labute approximate surface area is 116 Å². The molecule has 0 N–H and O–H groups in total. The summed E-state index contributed by atoms with van der Waals surface area (Å²) in [4.78, 5) is 10.6. The summed E-state index contributed by atoms with van der Waals surface area (Å²) in [5.74, 6) is 1.11. The van der Waals surface area contributed by atoms with Crippen LogP contribution in [0.3, 0.4) is 0 Å². The molecule has 1 aromatic heterocycles. The smallest absolute Gasteiger partial charge is 0.243 e. The zero-order chi connectivity index (χ0) is 13.5. The van der Waals surface area contributed by atoms with Crippen molar-refractivity contribution in [3.8, 4) is 12.8 Å². The summed E-state index contributed by atoms with van der Waals surface area (Å²) in [5.41, 5.74) is 0.738. The van der Waals surface area contributed by atoms with Gasteiger partial charge in [-0.15, -0.1) is 35.8 Å². The van der Waals surface area contributed by atoms with E-state index in [1.54, 1.807) is 11.3 Å². The van der Waals surface area contributed by atoms with E-state index >= 15 is 0 Å². The van der Waals surface area contributed by atoms with E-state index in [0.717, 1.165) is 10.6 Å². The van der Waals surface area contributed by atoms with Crippen molar-refractivity contribution in [3.63, 3.8) is 0 Å². The van der Waals surface area contributed by atoms with Gasteiger partial charge in [-0.3, -0.25) is 0 Å². The first kappa shape index (κ1) is 14.5. The Morgan fingerprint density at radius 2 is 2.22 bits per heavy atom. The average molecular weight is 281 g/mol. The van der Waals surface area contributed by atoms with E-state index in [4.69, 9.17) is 16.3 Å². The summed E-state index contributed by atoms with van der Waals surface area (Å²) < 4.78 is 5.56. The molecule has 0 fully saturated rings. The minimum Gasteiger partial charge on any atom is -0.417 e. The molecule has 1 aliphatic heterocycles. The summed E-state index contributed by atoms with van der Waals surface area (Å²) in [6, 6.07) is 4.21. The van der Waals surface area contributed by atoms with Crippen LogP contribution in [0.1, 0.15) is 16.7 Å². The Balaban J connectivity index is 0.000000771. The number of ether oxygens (including phenoxy) is 1. The van der Waals surface area contributed by atoms with E-state index in [1.165, 1.54) is 4.88 Å². The molecule has 0 aliphatic carbocycles. The molecule has 5 heteroatoms. The molecule has 0 saturated carbocycles. The first-order valence-corrected chi connectivity index (χ1v) is 6.53. The van der Waals surface area contributed by atoms with Crippen LogP contribution < -0.4 is 0 Å². The van der Waals surface area contributed by atoms with Crippen molar-refractivity contribution in [1.29, 1.82) is 0 Å². The van der Waals surface area contributed by atoms with Crippen molar-refractivity contribution in [2.45, 2.75) is 13.8 Å². The van der Waals surface area contributed by atoms with E-state index in [1.807, 2.05) is 32.1 Å². The average Bonchev–Trinajstić information content (AvgIpc) is 2.98. The topological polar surface area (TPSA) is 34.0 Å². The van der Waals surface area contributed by atoms with Gasteiger partial charge in [0.1, 0.15) is 11.7 Å². The van der Waals surface area contributed by atoms with E-state index < -0.39 is 0 Å². The molecule has 2 heterocycles. The van der Waals surface area contributed by atoms with Crippen LogP contribution in [0.2, 0.25) is 0 Å². The highest BCUT2D eigenvalue weighted by atomic mass is 35.5. The monoisotopic (exact) mass is 280 g/mol. The molecule has 0 bridgehead atoms. The van der Waals surface area contributed by atoms with Gasteiger partial charge < -0.3 is 4.74 Å². The minimum atomic E-state index is 0.180. The first-order chi connectivity index (χ1) is 8.74. The Morgan fingerprint density at radius 3 is 2.72 bits per heavy atom. The quantitative estimate of drug-likeness (QED) is 0.463. The molecule has 0 unspecified atom stereocenters. The van der Waals surface area contributed by atoms with Crippen LogP contribution in [0, 0.1) is 19.8 Å². The van der Waals surface area contributed by atoms with Gasteiger partial charge in [-0.2, -0.15) is 0 Å². The number of nitrogens with zero attached hydrogens (tertiary/aromatic N) is 2. The standard InChI is InChI=1S/C11H11ClN2OS.C2H2/c1-3-8-10(13-6-12)15-11(14-8)9-5-4-7(2)16-9;1-2/h3-5H,6H2,1-2H3;1-2H/b8-3+,13-10+;. The summed E-state index contributed by atoms with van der Waals surface area (Å²) in [6.45, 7) is 3.95. The van der Waals surface area contributed by atoms with Crippen molar-refractivity contribution >= 4 is 34.7 Å². The van der Waals surface area contributed by atoms with Crippen molar-refractivity contribution in [2.75, 3.05) is 6.00 Å². The number of terminal acetylenes is 1. The van der Waals surface area contributed by atoms with Crippen LogP contribution in [0.25, 0.3) is 0 Å². The summed E-state index contributed by atoms with van der Waals surface area (Å²) in [6.07, 6.45) is 9.86. The summed E-state index contributed by atoms with van der Waals surface area (Å²) in [7, 11) is 0. The van der Waals surface area contributed by atoms with E-state index in [0.29, 0.717) is 11.8 Å². The zero-order valence-electron chi connectivity index (χ0n) is 10.2. The van der Waals surface area contributed by atoms with Crippen LogP contribution in [-0.2, 0) is 4.74 Å². The van der Waals surface area contributed by atoms with Crippen LogP contribution >= 0.6 is 22.9 Å². The minimum absolute atomic E-state index is 0.180. The molecule has 0 spiro atoms. The maximum absolute atomic E-state index is 5.56. The number of allylic oxidation sites excluding steroid dienone is 1. The Bertz CT molecular complexity index is 526. The zero-order valence-corrected chi connectivity index (χ0v) is 11.8. The molecular formula is C13H13ClN2OS. The number of alkyl halides is 1. The van der Waals surface area contributed by atoms with Crippen molar-refractivity contribution in [3.05, 3.63) is 33.7 Å². The number of aryl methyl sites for hydroxylation is 1. The largest absolute Gasteiger partial charge is 0.417 e. The summed E-state index contributed by atoms with van der Waals surface area (Å²) >= 11 is 7.21. The third-order valence-electron chi connectivity index (χ3n) is 2.06. The summed E-state index contributed by atoms with van der Waals surface area (Å²) in [5, 5.41) is 0. The van der Waals surface area contributed by atoms with Crippen LogP contribution in [-0.4, -0.2) is 17.8 Å². The molecule has 1 aromatic rings. The lowest BCUT2D eigenvalue weighted by Crippen LogP contribution is -2.04. The van der Waals surface area contributed by atoms with E-state index in [-0.39, 0.29) is 6.00 Å². The third-order valence-corrected chi connectivity index (χ3v) is 3.17. The van der Waals surface area contributed by atoms with Gasteiger partial charge in [-0.1, -0.05) is 6.08 Å². The van der Waals surface area contributed by atoms with Crippen molar-refractivity contribution in [2.24, 2.45) is 9.98 Å². The first-order valence-electron chi connectivity index (χ1n) is 5.18. The van der Waals surface area contributed by atoms with Gasteiger partial charge in [-0.25, -0.2) is 9.98 Å². The molecule has 0 aromatic carbocycles. The second kappa shape index (κ2) is 7.00. The maximum Gasteiger partial charge on any atom is 0.243 e. The van der Waals surface area contributed by atoms with Gasteiger partial charge in [-0.05, 0) is 26.0 Å². The number of hydrogen-bond donors (Lipinski definition) is 0. The predicted octanol–water partition coefficient (Wildman–Crippen LogP) is 3.58. The maximum atomic E-state index is 5.56. The highest BCUT2D eigenvalue weighted by molar-refractivity contribution is 7.14. The molecule has 0 saturated heterocycles. The van der Waals surface area contributed by atoms with Crippen LogP contribution in [0.15, 0.2) is 33.9 Å². The second-order valence-corrected chi connectivity index (χ2v) is 4.71. The van der Waals surface area contributed by atoms with Gasteiger partial charge in [0.2, 0.25) is 11.8 Å². The lowest BCUT2D eigenvalue weighted by atomic mass is 10.4. The van der Waals surface area contributed by atoms with Crippen molar-refractivity contribution < 1.29 is 4.74 Å². The van der Waals surface area contributed by atoms with Crippen molar-refractivity contribution in [1.82, 2.24) is 0 Å². The van der Waals surface area contributed by atoms with Gasteiger partial charge in [0.05, 0.1) is 4.88 Å². The SMILES string of the molecule is C#C.C/C=C1/N=C(c2ccc(C)s2)O/C1=N/CCl. The molecule has 3 nitrogen and oxygen atoms in total. The fourth-order valence-corrected chi connectivity index (χ4v) is 2.24. The number of halogens is 1. The highest BCUT2D eigenvalue weighted by Gasteiger charge is 2.22. The number of aliphatic imine (C=N–C) groups is 2. The normalized spacial score (nSPS) is 18.2. The molecule has 94 valence electrons. The van der Waals surface area contributed by atoms with Gasteiger partial charge in [0, 0.05) is 4.88 Å². The Hall–Kier alpha value is -1.57. The number of thiophene rings is 1. The third kappa shape index (κ3) is 3.22. The Kier molecular flexibility index (Phi) is 5.63. The highest BCUT2D eigenvalue weighted by Crippen LogP contribution is 2.22. The van der Waals surface area contributed by atoms with Gasteiger partial charge >= 0.3 is 0 Å².